The van der Waals surface area contributed by atoms with Gasteiger partial charge in [-0.05, 0) is 36.6 Å². The van der Waals surface area contributed by atoms with Crippen molar-refractivity contribution in [1.29, 1.82) is 5.26 Å². The van der Waals surface area contributed by atoms with Crippen LogP contribution in [0.1, 0.15) is 37.7 Å². The molecular formula is C21H24N2O3. The van der Waals surface area contributed by atoms with Crippen LogP contribution in [0.5, 0.6) is 11.5 Å². The summed E-state index contributed by atoms with van der Waals surface area (Å²) >= 11 is 0. The standard InChI is InChI=1S/C21H24N2O3/c1-3-14-23(18-7-5-4-6-8-18)21(24)12-10-17-9-11-19(26-15-13-22)20(16-17)25-2/h1,9-12,16,18H,4-8,14-15H2,2H3/b12-10+. The van der Waals surface area contributed by atoms with E-state index in [1.807, 2.05) is 12.1 Å². The van der Waals surface area contributed by atoms with Crippen LogP contribution < -0.4 is 9.47 Å². The molecule has 1 fully saturated rings. The van der Waals surface area contributed by atoms with E-state index >= 15 is 0 Å². The average Bonchev–Trinajstić information content (AvgIpc) is 2.69. The van der Waals surface area contributed by atoms with E-state index in [4.69, 9.17) is 21.2 Å². The van der Waals surface area contributed by atoms with Gasteiger partial charge >= 0.3 is 0 Å². The Labute approximate surface area is 155 Å². The maximum Gasteiger partial charge on any atom is 0.247 e. The van der Waals surface area contributed by atoms with Gasteiger partial charge in [-0.2, -0.15) is 5.26 Å². The fourth-order valence-electron chi connectivity index (χ4n) is 3.16. The minimum Gasteiger partial charge on any atom is -0.493 e. The Balaban J connectivity index is 2.10. The van der Waals surface area contributed by atoms with E-state index in [2.05, 4.69) is 5.92 Å². The molecule has 1 saturated carbocycles. The number of nitrogens with zero attached hydrogens (tertiary/aromatic N) is 2. The molecule has 1 amide bonds. The Morgan fingerprint density at radius 2 is 2.12 bits per heavy atom. The molecule has 0 heterocycles. The van der Waals surface area contributed by atoms with Crippen molar-refractivity contribution in [3.8, 4) is 29.9 Å². The van der Waals surface area contributed by atoms with Gasteiger partial charge in [-0.15, -0.1) is 6.42 Å². The fraction of sp³-hybridized carbons (Fsp3) is 0.429. The molecule has 2 rings (SSSR count). The maximum atomic E-state index is 12.6. The molecule has 1 aliphatic carbocycles. The number of rotatable bonds is 7. The highest BCUT2D eigenvalue weighted by molar-refractivity contribution is 5.92. The lowest BCUT2D eigenvalue weighted by Gasteiger charge is -2.32. The molecule has 0 unspecified atom stereocenters. The predicted octanol–water partition coefficient (Wildman–Crippen LogP) is 3.41. The monoisotopic (exact) mass is 352 g/mol. The molecule has 26 heavy (non-hydrogen) atoms. The second-order valence-corrected chi connectivity index (χ2v) is 6.15. The molecule has 0 radical (unpaired) electrons. The molecule has 0 saturated heterocycles. The summed E-state index contributed by atoms with van der Waals surface area (Å²) in [5.41, 5.74) is 0.809. The number of nitriles is 1. The Kier molecular flexibility index (Phi) is 7.58. The predicted molar refractivity (Wildman–Crippen MR) is 101 cm³/mol. The third kappa shape index (κ3) is 5.29. The normalized spacial score (nSPS) is 14.4. The summed E-state index contributed by atoms with van der Waals surface area (Å²) < 4.78 is 10.6. The van der Waals surface area contributed by atoms with Gasteiger partial charge in [0.2, 0.25) is 5.91 Å². The van der Waals surface area contributed by atoms with Crippen LogP contribution >= 0.6 is 0 Å². The molecule has 1 aliphatic rings. The minimum absolute atomic E-state index is 0.0491. The second-order valence-electron chi connectivity index (χ2n) is 6.15. The van der Waals surface area contributed by atoms with Crippen LogP contribution in [0.25, 0.3) is 6.08 Å². The summed E-state index contributed by atoms with van der Waals surface area (Å²) in [5.74, 6) is 3.54. The van der Waals surface area contributed by atoms with Gasteiger partial charge in [-0.3, -0.25) is 4.79 Å². The summed E-state index contributed by atoms with van der Waals surface area (Å²) in [6, 6.07) is 7.45. The molecule has 136 valence electrons. The molecule has 0 spiro atoms. The number of ether oxygens (including phenoxy) is 2. The van der Waals surface area contributed by atoms with Gasteiger partial charge in [-0.25, -0.2) is 0 Å². The van der Waals surface area contributed by atoms with Gasteiger partial charge in [0.15, 0.2) is 18.1 Å². The van der Waals surface area contributed by atoms with E-state index in [9.17, 15) is 4.79 Å². The first kappa shape index (κ1) is 19.4. The first-order valence-electron chi connectivity index (χ1n) is 8.79. The van der Waals surface area contributed by atoms with Crippen LogP contribution in [-0.4, -0.2) is 37.1 Å². The van der Waals surface area contributed by atoms with Crippen LogP contribution in [0.2, 0.25) is 0 Å². The van der Waals surface area contributed by atoms with Gasteiger partial charge in [0, 0.05) is 12.1 Å². The third-order valence-electron chi connectivity index (χ3n) is 4.46. The quantitative estimate of drug-likeness (QED) is 0.557. The molecule has 0 N–H and O–H groups in total. The lowest BCUT2D eigenvalue weighted by atomic mass is 9.94. The van der Waals surface area contributed by atoms with Gasteiger partial charge in [0.05, 0.1) is 13.7 Å². The zero-order chi connectivity index (χ0) is 18.8. The fourth-order valence-corrected chi connectivity index (χ4v) is 3.16. The SMILES string of the molecule is C#CCN(C(=O)/C=C/c1ccc(OCC#N)c(OC)c1)C1CCCCC1. The molecule has 0 bridgehead atoms. The van der Waals surface area contributed by atoms with E-state index < -0.39 is 0 Å². The zero-order valence-corrected chi connectivity index (χ0v) is 15.1. The van der Waals surface area contributed by atoms with Crippen molar-refractivity contribution in [3.63, 3.8) is 0 Å². The number of terminal acetylenes is 1. The molecule has 0 atom stereocenters. The van der Waals surface area contributed by atoms with E-state index in [1.165, 1.54) is 13.5 Å². The number of amides is 1. The van der Waals surface area contributed by atoms with Crippen LogP contribution in [0, 0.1) is 23.7 Å². The summed E-state index contributed by atoms with van der Waals surface area (Å²) in [7, 11) is 1.53. The number of hydrogen-bond donors (Lipinski definition) is 0. The summed E-state index contributed by atoms with van der Waals surface area (Å²) in [6.45, 7) is 0.282. The number of hydrogen-bond acceptors (Lipinski definition) is 4. The summed E-state index contributed by atoms with van der Waals surface area (Å²) in [5, 5.41) is 8.61. The Hall–Kier alpha value is -2.92. The minimum atomic E-state index is -0.0707. The molecule has 1 aromatic rings. The third-order valence-corrected chi connectivity index (χ3v) is 4.46. The second kappa shape index (κ2) is 10.2. The van der Waals surface area contributed by atoms with Gasteiger partial charge in [-0.1, -0.05) is 31.2 Å². The first-order valence-corrected chi connectivity index (χ1v) is 8.79. The Morgan fingerprint density at radius 1 is 1.35 bits per heavy atom. The Morgan fingerprint density at radius 3 is 2.77 bits per heavy atom. The molecule has 1 aromatic carbocycles. The van der Waals surface area contributed by atoms with E-state index in [-0.39, 0.29) is 18.6 Å². The van der Waals surface area contributed by atoms with Gasteiger partial charge in [0.25, 0.3) is 0 Å². The van der Waals surface area contributed by atoms with Crippen molar-refractivity contribution in [3.05, 3.63) is 29.8 Å². The number of carbonyl (C=O) groups excluding carboxylic acids is 1. The number of methoxy groups -OCH3 is 1. The zero-order valence-electron chi connectivity index (χ0n) is 15.1. The molecule has 0 aromatic heterocycles. The number of carbonyl (C=O) groups is 1. The van der Waals surface area contributed by atoms with Gasteiger partial charge < -0.3 is 14.4 Å². The topological polar surface area (TPSA) is 62.6 Å². The first-order chi connectivity index (χ1) is 12.7. The van der Waals surface area contributed by atoms with Crippen LogP contribution in [0.4, 0.5) is 0 Å². The van der Waals surface area contributed by atoms with E-state index in [0.717, 1.165) is 31.2 Å². The highest BCUT2D eigenvalue weighted by atomic mass is 16.5. The summed E-state index contributed by atoms with van der Waals surface area (Å²) in [6.07, 6.45) is 14.3. The highest BCUT2D eigenvalue weighted by Gasteiger charge is 2.23. The van der Waals surface area contributed by atoms with Crippen LogP contribution in [0.15, 0.2) is 24.3 Å². The molecule has 5 nitrogen and oxygen atoms in total. The van der Waals surface area contributed by atoms with Crippen LogP contribution in [-0.2, 0) is 4.79 Å². The highest BCUT2D eigenvalue weighted by Crippen LogP contribution is 2.28. The molecular weight excluding hydrogens is 328 g/mol. The average molecular weight is 352 g/mol. The van der Waals surface area contributed by atoms with Crippen molar-refractivity contribution in [2.45, 2.75) is 38.1 Å². The summed E-state index contributed by atoms with van der Waals surface area (Å²) in [4.78, 5) is 14.4. The van der Waals surface area contributed by atoms with Gasteiger partial charge in [0.1, 0.15) is 6.07 Å². The molecule has 0 aliphatic heterocycles. The Bertz CT molecular complexity index is 722. The largest absolute Gasteiger partial charge is 0.493 e. The number of benzene rings is 1. The van der Waals surface area contributed by atoms with E-state index in [0.29, 0.717) is 18.0 Å². The van der Waals surface area contributed by atoms with Crippen molar-refractivity contribution in [1.82, 2.24) is 4.90 Å². The smallest absolute Gasteiger partial charge is 0.247 e. The maximum absolute atomic E-state index is 12.6. The molecule has 5 heteroatoms. The van der Waals surface area contributed by atoms with Crippen molar-refractivity contribution >= 4 is 12.0 Å². The van der Waals surface area contributed by atoms with E-state index in [1.54, 1.807) is 29.2 Å². The van der Waals surface area contributed by atoms with Crippen molar-refractivity contribution in [2.75, 3.05) is 20.3 Å². The van der Waals surface area contributed by atoms with Crippen molar-refractivity contribution in [2.24, 2.45) is 0 Å². The lowest BCUT2D eigenvalue weighted by molar-refractivity contribution is -0.128. The van der Waals surface area contributed by atoms with Crippen LogP contribution in [0.3, 0.4) is 0 Å². The lowest BCUT2D eigenvalue weighted by Crippen LogP contribution is -2.40. The van der Waals surface area contributed by atoms with Crippen molar-refractivity contribution < 1.29 is 14.3 Å².